The van der Waals surface area contributed by atoms with Gasteiger partial charge in [-0.2, -0.15) is 0 Å². The molecular formula is C26H26BrN3O5. The minimum atomic E-state index is -1.30. The third-order valence-electron chi connectivity index (χ3n) is 6.19. The van der Waals surface area contributed by atoms with Gasteiger partial charge in [0.05, 0.1) is 13.7 Å². The first kappa shape index (κ1) is 24.5. The highest BCUT2D eigenvalue weighted by Gasteiger charge is 2.33. The Morgan fingerprint density at radius 2 is 1.97 bits per heavy atom. The fourth-order valence-corrected chi connectivity index (χ4v) is 4.80. The molecule has 0 saturated carbocycles. The molecule has 3 aromatic carbocycles. The van der Waals surface area contributed by atoms with E-state index in [4.69, 9.17) is 9.84 Å². The second-order valence-electron chi connectivity index (χ2n) is 8.44. The number of para-hydroxylation sites is 1. The molecule has 0 aromatic heterocycles. The second kappa shape index (κ2) is 10.4. The lowest BCUT2D eigenvalue weighted by molar-refractivity contribution is -0.128. The van der Waals surface area contributed by atoms with E-state index in [2.05, 4.69) is 26.6 Å². The molecule has 0 bridgehead atoms. The Labute approximate surface area is 211 Å². The van der Waals surface area contributed by atoms with E-state index >= 15 is 0 Å². The van der Waals surface area contributed by atoms with Crippen molar-refractivity contribution in [3.8, 4) is 5.75 Å². The van der Waals surface area contributed by atoms with Crippen molar-refractivity contribution in [3.63, 3.8) is 0 Å². The first-order chi connectivity index (χ1) is 16.8. The first-order valence-electron chi connectivity index (χ1n) is 11.2. The number of hydrogen-bond donors (Lipinski definition) is 3. The fraction of sp³-hybridized carbons (Fsp3) is 0.269. The van der Waals surface area contributed by atoms with Gasteiger partial charge in [0.1, 0.15) is 17.8 Å². The largest absolute Gasteiger partial charge is 0.496 e. The minimum Gasteiger partial charge on any atom is -0.496 e. The quantitative estimate of drug-likeness (QED) is 0.434. The molecule has 0 aliphatic carbocycles. The molecule has 1 aliphatic rings. The molecule has 2 atom stereocenters. The number of anilines is 1. The molecular weight excluding hydrogens is 514 g/mol. The number of amides is 3. The van der Waals surface area contributed by atoms with Gasteiger partial charge >= 0.3 is 6.09 Å². The zero-order valence-electron chi connectivity index (χ0n) is 19.4. The van der Waals surface area contributed by atoms with E-state index in [-0.39, 0.29) is 12.5 Å². The summed E-state index contributed by atoms with van der Waals surface area (Å²) in [7, 11) is 1.60. The number of carboxylic acid groups (broad SMARTS) is 1. The minimum absolute atomic E-state index is 0.243. The van der Waals surface area contributed by atoms with Crippen molar-refractivity contribution in [2.75, 3.05) is 12.0 Å². The monoisotopic (exact) mass is 539 g/mol. The number of halogens is 1. The van der Waals surface area contributed by atoms with Crippen LogP contribution in [0.25, 0.3) is 10.8 Å². The molecule has 0 saturated heterocycles. The van der Waals surface area contributed by atoms with E-state index < -0.39 is 24.1 Å². The van der Waals surface area contributed by atoms with Crippen LogP contribution in [0.1, 0.15) is 24.5 Å². The summed E-state index contributed by atoms with van der Waals surface area (Å²) in [5.41, 5.74) is 2.63. The van der Waals surface area contributed by atoms with Crippen LogP contribution in [0.4, 0.5) is 10.5 Å². The van der Waals surface area contributed by atoms with Gasteiger partial charge in [-0.15, -0.1) is 0 Å². The third-order valence-corrected chi connectivity index (χ3v) is 6.68. The molecule has 1 aliphatic heterocycles. The molecule has 0 unspecified atom stereocenters. The van der Waals surface area contributed by atoms with Crippen molar-refractivity contribution in [2.24, 2.45) is 0 Å². The van der Waals surface area contributed by atoms with E-state index in [0.717, 1.165) is 32.1 Å². The van der Waals surface area contributed by atoms with E-state index in [0.29, 0.717) is 18.6 Å². The number of carbonyl (C=O) groups excluding carboxylic acids is 2. The second-order valence-corrected chi connectivity index (χ2v) is 9.35. The van der Waals surface area contributed by atoms with Crippen molar-refractivity contribution in [3.05, 3.63) is 70.2 Å². The topological polar surface area (TPSA) is 108 Å². The Balaban J connectivity index is 1.73. The summed E-state index contributed by atoms with van der Waals surface area (Å²) in [6.07, 6.45) is -0.315. The zero-order valence-corrected chi connectivity index (χ0v) is 21.0. The molecule has 35 heavy (non-hydrogen) atoms. The summed E-state index contributed by atoms with van der Waals surface area (Å²) in [5, 5.41) is 15.8. The lowest BCUT2D eigenvalue weighted by Gasteiger charge is -2.28. The van der Waals surface area contributed by atoms with Crippen molar-refractivity contribution < 1.29 is 24.2 Å². The Bertz CT molecular complexity index is 1300. The van der Waals surface area contributed by atoms with Crippen LogP contribution in [-0.4, -0.2) is 42.2 Å². The highest BCUT2D eigenvalue weighted by Crippen LogP contribution is 2.35. The van der Waals surface area contributed by atoms with Crippen LogP contribution in [-0.2, 0) is 22.6 Å². The summed E-state index contributed by atoms with van der Waals surface area (Å²) in [6, 6.07) is 15.7. The Morgan fingerprint density at radius 1 is 1.20 bits per heavy atom. The van der Waals surface area contributed by atoms with Crippen LogP contribution in [0.5, 0.6) is 5.75 Å². The fourth-order valence-electron chi connectivity index (χ4n) is 4.42. The number of methoxy groups -OCH3 is 1. The van der Waals surface area contributed by atoms with E-state index in [1.807, 2.05) is 54.6 Å². The third kappa shape index (κ3) is 5.24. The van der Waals surface area contributed by atoms with Gasteiger partial charge in [-0.25, -0.2) is 4.79 Å². The summed E-state index contributed by atoms with van der Waals surface area (Å²) >= 11 is 3.51. The average Bonchev–Trinajstić information content (AvgIpc) is 2.95. The predicted molar refractivity (Wildman–Crippen MR) is 137 cm³/mol. The van der Waals surface area contributed by atoms with Gasteiger partial charge in [-0.3, -0.25) is 9.59 Å². The Morgan fingerprint density at radius 3 is 2.71 bits per heavy atom. The molecule has 4 rings (SSSR count). The smallest absolute Gasteiger partial charge is 0.405 e. The summed E-state index contributed by atoms with van der Waals surface area (Å²) in [5.74, 6) is -0.152. The number of hydrogen-bond acceptors (Lipinski definition) is 4. The maximum atomic E-state index is 13.8. The molecule has 182 valence electrons. The molecule has 3 amide bonds. The summed E-state index contributed by atoms with van der Waals surface area (Å²) < 4.78 is 6.60. The molecule has 3 N–H and O–H groups in total. The zero-order chi connectivity index (χ0) is 25.1. The summed E-state index contributed by atoms with van der Waals surface area (Å²) in [6.45, 7) is 1.68. The van der Waals surface area contributed by atoms with Gasteiger partial charge in [-0.05, 0) is 60.4 Å². The van der Waals surface area contributed by atoms with Crippen LogP contribution < -0.4 is 20.3 Å². The normalized spacial score (nSPS) is 16.3. The van der Waals surface area contributed by atoms with Gasteiger partial charge in [0, 0.05) is 15.7 Å². The van der Waals surface area contributed by atoms with Gasteiger partial charge in [0.2, 0.25) is 11.8 Å². The predicted octanol–water partition coefficient (Wildman–Crippen LogP) is 4.23. The Kier molecular flexibility index (Phi) is 7.25. The number of aryl methyl sites for hydroxylation is 1. The van der Waals surface area contributed by atoms with Gasteiger partial charge in [-0.1, -0.05) is 46.3 Å². The number of nitrogens with zero attached hydrogens (tertiary/aromatic N) is 1. The van der Waals surface area contributed by atoms with Crippen molar-refractivity contribution in [2.45, 2.75) is 38.4 Å². The maximum absolute atomic E-state index is 13.8. The van der Waals surface area contributed by atoms with E-state index in [1.54, 1.807) is 12.0 Å². The lowest BCUT2D eigenvalue weighted by Crippen LogP contribution is -2.53. The van der Waals surface area contributed by atoms with E-state index in [1.165, 1.54) is 6.92 Å². The summed E-state index contributed by atoms with van der Waals surface area (Å²) in [4.78, 5) is 39.0. The number of fused-ring (bicyclic) bond motifs is 2. The standard InChI is InChI=1S/C26H26BrN3O5/c1-15(28-26(33)34)24(31)29-21-11-7-16-5-3-4-6-22(16)30(25(21)32)14-20-19-10-9-18(27)13-17(19)8-12-23(20)35-2/h3-6,8-10,12-13,15,21,28H,7,11,14H2,1-2H3,(H,29,31)(H,33,34)/t15-,21-/m0/s1. The van der Waals surface area contributed by atoms with Gasteiger partial charge in [0.15, 0.2) is 0 Å². The molecule has 9 heteroatoms. The van der Waals surface area contributed by atoms with E-state index in [9.17, 15) is 14.4 Å². The van der Waals surface area contributed by atoms with Crippen LogP contribution >= 0.6 is 15.9 Å². The van der Waals surface area contributed by atoms with Crippen molar-refractivity contribution in [1.82, 2.24) is 10.6 Å². The molecule has 8 nitrogen and oxygen atoms in total. The average molecular weight is 540 g/mol. The number of nitrogens with one attached hydrogen (secondary N) is 2. The van der Waals surface area contributed by atoms with Crippen LogP contribution in [0.15, 0.2) is 59.1 Å². The van der Waals surface area contributed by atoms with Crippen molar-refractivity contribution in [1.29, 1.82) is 0 Å². The number of rotatable bonds is 6. The van der Waals surface area contributed by atoms with Gasteiger partial charge < -0.3 is 25.4 Å². The van der Waals surface area contributed by atoms with Gasteiger partial charge in [0.25, 0.3) is 0 Å². The highest BCUT2D eigenvalue weighted by atomic mass is 79.9. The number of carbonyl (C=O) groups is 3. The van der Waals surface area contributed by atoms with Crippen LogP contribution in [0, 0.1) is 0 Å². The molecule has 0 spiro atoms. The SMILES string of the molecule is COc1ccc2cc(Br)ccc2c1CN1C(=O)[C@@H](NC(=O)[C@H](C)NC(=O)O)CCc2ccccc21. The van der Waals surface area contributed by atoms with Crippen molar-refractivity contribution >= 4 is 50.3 Å². The number of benzene rings is 3. The number of ether oxygens (including phenoxy) is 1. The molecule has 1 heterocycles. The maximum Gasteiger partial charge on any atom is 0.405 e. The first-order valence-corrected chi connectivity index (χ1v) is 12.0. The molecule has 0 radical (unpaired) electrons. The Hall–Kier alpha value is -3.59. The lowest BCUT2D eigenvalue weighted by atomic mass is 10.0. The molecule has 0 fully saturated rings. The van der Waals surface area contributed by atoms with Crippen LogP contribution in [0.3, 0.4) is 0 Å². The molecule has 3 aromatic rings. The highest BCUT2D eigenvalue weighted by molar-refractivity contribution is 9.10. The van der Waals surface area contributed by atoms with Crippen LogP contribution in [0.2, 0.25) is 0 Å².